The normalized spacial score (nSPS) is 10.8. The smallest absolute Gasteiger partial charge is 0.148 e. The Morgan fingerprint density at radius 1 is 0.952 bits per heavy atom. The highest BCUT2D eigenvalue weighted by molar-refractivity contribution is 9.11. The molecule has 0 unspecified atom stereocenters. The molecule has 0 radical (unpaired) electrons. The second kappa shape index (κ2) is 6.95. The molecule has 0 aliphatic carbocycles. The lowest BCUT2D eigenvalue weighted by molar-refractivity contribution is 0.300. The first-order valence-electron chi connectivity index (χ1n) is 6.80. The van der Waals surface area contributed by atoms with Crippen molar-refractivity contribution in [2.75, 3.05) is 0 Å². The SMILES string of the molecule is Cc1cc(C)c(COc2c(Br)cc(CN)cc2Br)c(C)c1. The number of benzene rings is 2. The predicted octanol–water partition coefficient (Wildman–Crippen LogP) is 5.17. The molecule has 4 heteroatoms. The van der Waals surface area contributed by atoms with Crippen molar-refractivity contribution in [3.05, 3.63) is 61.0 Å². The van der Waals surface area contributed by atoms with Crippen molar-refractivity contribution < 1.29 is 4.74 Å². The zero-order valence-corrected chi connectivity index (χ0v) is 15.6. The summed E-state index contributed by atoms with van der Waals surface area (Å²) >= 11 is 7.10. The number of rotatable bonds is 4. The van der Waals surface area contributed by atoms with Gasteiger partial charge in [-0.05, 0) is 87.0 Å². The molecule has 2 aromatic carbocycles. The number of aryl methyl sites for hydroxylation is 3. The molecule has 0 aromatic heterocycles. The lowest BCUT2D eigenvalue weighted by Crippen LogP contribution is -2.03. The summed E-state index contributed by atoms with van der Waals surface area (Å²) in [6, 6.07) is 8.37. The fourth-order valence-electron chi connectivity index (χ4n) is 2.45. The van der Waals surface area contributed by atoms with E-state index in [-0.39, 0.29) is 0 Å². The average Bonchev–Trinajstić information content (AvgIpc) is 2.39. The Labute approximate surface area is 143 Å². The number of nitrogens with two attached hydrogens (primary N) is 1. The Bertz CT molecular complexity index is 622. The maximum absolute atomic E-state index is 6.02. The molecule has 2 aromatic rings. The van der Waals surface area contributed by atoms with Gasteiger partial charge >= 0.3 is 0 Å². The molecule has 112 valence electrons. The van der Waals surface area contributed by atoms with Crippen LogP contribution in [0.5, 0.6) is 5.75 Å². The van der Waals surface area contributed by atoms with Crippen molar-refractivity contribution in [3.8, 4) is 5.75 Å². The fourth-order valence-corrected chi connectivity index (χ4v) is 3.96. The molecular formula is C17H19Br2NO. The molecule has 0 saturated heterocycles. The van der Waals surface area contributed by atoms with Gasteiger partial charge in [-0.1, -0.05) is 17.7 Å². The van der Waals surface area contributed by atoms with Crippen LogP contribution in [0.3, 0.4) is 0 Å². The molecule has 21 heavy (non-hydrogen) atoms. The molecular weight excluding hydrogens is 394 g/mol. The van der Waals surface area contributed by atoms with Crippen molar-refractivity contribution in [2.24, 2.45) is 5.73 Å². The van der Waals surface area contributed by atoms with Crippen molar-refractivity contribution in [1.29, 1.82) is 0 Å². The molecule has 0 saturated carbocycles. The monoisotopic (exact) mass is 411 g/mol. The third-order valence-corrected chi connectivity index (χ3v) is 4.67. The largest absolute Gasteiger partial charge is 0.487 e. The van der Waals surface area contributed by atoms with Gasteiger partial charge in [-0.2, -0.15) is 0 Å². The number of hydrogen-bond acceptors (Lipinski definition) is 2. The molecule has 0 amide bonds. The Hall–Kier alpha value is -0.840. The van der Waals surface area contributed by atoms with Crippen LogP contribution in [0.1, 0.15) is 27.8 Å². The van der Waals surface area contributed by atoms with Crippen molar-refractivity contribution in [3.63, 3.8) is 0 Å². The summed E-state index contributed by atoms with van der Waals surface area (Å²) in [5.41, 5.74) is 11.8. The van der Waals surface area contributed by atoms with Gasteiger partial charge in [0.2, 0.25) is 0 Å². The van der Waals surface area contributed by atoms with Crippen LogP contribution in [0, 0.1) is 20.8 Å². The summed E-state index contributed by atoms with van der Waals surface area (Å²) in [5.74, 6) is 0.812. The second-order valence-corrected chi connectivity index (χ2v) is 6.97. The van der Waals surface area contributed by atoms with E-state index in [1.165, 1.54) is 22.3 Å². The summed E-state index contributed by atoms with van der Waals surface area (Å²) in [6.45, 7) is 7.43. The number of halogens is 2. The quantitative estimate of drug-likeness (QED) is 0.751. The van der Waals surface area contributed by atoms with Crippen LogP contribution >= 0.6 is 31.9 Å². The van der Waals surface area contributed by atoms with Crippen LogP contribution in [0.25, 0.3) is 0 Å². The highest BCUT2D eigenvalue weighted by atomic mass is 79.9. The van der Waals surface area contributed by atoms with Crippen LogP contribution in [-0.2, 0) is 13.2 Å². The topological polar surface area (TPSA) is 35.2 Å². The predicted molar refractivity (Wildman–Crippen MR) is 94.7 cm³/mol. The summed E-state index contributed by atoms with van der Waals surface area (Å²) in [7, 11) is 0. The molecule has 2 rings (SSSR count). The summed E-state index contributed by atoms with van der Waals surface area (Å²) in [4.78, 5) is 0. The molecule has 0 aliphatic heterocycles. The van der Waals surface area contributed by atoms with E-state index in [0.29, 0.717) is 13.2 Å². The number of ether oxygens (including phenoxy) is 1. The van der Waals surface area contributed by atoms with E-state index < -0.39 is 0 Å². The van der Waals surface area contributed by atoms with Crippen LogP contribution in [0.15, 0.2) is 33.2 Å². The Morgan fingerprint density at radius 2 is 1.48 bits per heavy atom. The first kappa shape index (κ1) is 16.5. The van der Waals surface area contributed by atoms with Gasteiger partial charge in [-0.15, -0.1) is 0 Å². The van der Waals surface area contributed by atoms with Gasteiger partial charge in [-0.25, -0.2) is 0 Å². The fraction of sp³-hybridized carbons (Fsp3) is 0.294. The van der Waals surface area contributed by atoms with Crippen molar-refractivity contribution in [1.82, 2.24) is 0 Å². The Morgan fingerprint density at radius 3 is 1.95 bits per heavy atom. The van der Waals surface area contributed by atoms with Crippen LogP contribution < -0.4 is 10.5 Å². The van der Waals surface area contributed by atoms with Crippen LogP contribution in [0.2, 0.25) is 0 Å². The maximum atomic E-state index is 6.02. The van der Waals surface area contributed by atoms with Gasteiger partial charge in [0.15, 0.2) is 0 Å². The lowest BCUT2D eigenvalue weighted by Gasteiger charge is -2.15. The van der Waals surface area contributed by atoms with E-state index in [2.05, 4.69) is 64.8 Å². The van der Waals surface area contributed by atoms with E-state index in [9.17, 15) is 0 Å². The van der Waals surface area contributed by atoms with Crippen molar-refractivity contribution >= 4 is 31.9 Å². The van der Waals surface area contributed by atoms with Crippen LogP contribution in [-0.4, -0.2) is 0 Å². The second-order valence-electron chi connectivity index (χ2n) is 5.26. The minimum atomic E-state index is 0.508. The third-order valence-electron chi connectivity index (χ3n) is 3.49. The van der Waals surface area contributed by atoms with Gasteiger partial charge in [-0.3, -0.25) is 0 Å². The van der Waals surface area contributed by atoms with Gasteiger partial charge in [0, 0.05) is 6.54 Å². The number of hydrogen-bond donors (Lipinski definition) is 1. The minimum absolute atomic E-state index is 0.508. The van der Waals surface area contributed by atoms with Gasteiger partial charge < -0.3 is 10.5 Å². The van der Waals surface area contributed by atoms with Gasteiger partial charge in [0.25, 0.3) is 0 Å². The molecule has 0 aliphatic rings. The van der Waals surface area contributed by atoms with Gasteiger partial charge in [0.05, 0.1) is 8.95 Å². The lowest BCUT2D eigenvalue weighted by atomic mass is 10.0. The summed E-state index contributed by atoms with van der Waals surface area (Å²) < 4.78 is 7.85. The third kappa shape index (κ3) is 3.87. The minimum Gasteiger partial charge on any atom is -0.487 e. The highest BCUT2D eigenvalue weighted by Crippen LogP contribution is 2.35. The maximum Gasteiger partial charge on any atom is 0.148 e. The molecule has 2 nitrogen and oxygen atoms in total. The zero-order chi connectivity index (χ0) is 15.6. The van der Waals surface area contributed by atoms with Crippen molar-refractivity contribution in [2.45, 2.75) is 33.9 Å². The van der Waals surface area contributed by atoms with E-state index >= 15 is 0 Å². The molecule has 0 heterocycles. The summed E-state index contributed by atoms with van der Waals surface area (Å²) in [6.07, 6.45) is 0. The van der Waals surface area contributed by atoms with E-state index in [1.807, 2.05) is 12.1 Å². The highest BCUT2D eigenvalue weighted by Gasteiger charge is 2.11. The van der Waals surface area contributed by atoms with E-state index in [4.69, 9.17) is 10.5 Å². The molecule has 0 spiro atoms. The molecule has 2 N–H and O–H groups in total. The average molecular weight is 413 g/mol. The zero-order valence-electron chi connectivity index (χ0n) is 12.5. The standard InChI is InChI=1S/C17H19Br2NO/c1-10-4-11(2)14(12(3)5-10)9-21-17-15(18)6-13(8-20)7-16(17)19/h4-7H,8-9,20H2,1-3H3. The Kier molecular flexibility index (Phi) is 5.47. The van der Waals surface area contributed by atoms with Gasteiger partial charge in [0.1, 0.15) is 12.4 Å². The van der Waals surface area contributed by atoms with Crippen LogP contribution in [0.4, 0.5) is 0 Å². The molecule has 0 bridgehead atoms. The molecule has 0 atom stereocenters. The van der Waals surface area contributed by atoms with E-state index in [1.54, 1.807) is 0 Å². The molecule has 0 fully saturated rings. The summed E-state index contributed by atoms with van der Waals surface area (Å²) in [5, 5.41) is 0. The first-order valence-corrected chi connectivity index (χ1v) is 8.38. The first-order chi connectivity index (χ1) is 9.92. The van der Waals surface area contributed by atoms with E-state index in [0.717, 1.165) is 20.3 Å². The Balaban J connectivity index is 2.25.